The summed E-state index contributed by atoms with van der Waals surface area (Å²) in [5, 5.41) is 50.6. The fourth-order valence-corrected chi connectivity index (χ4v) is 3.52. The van der Waals surface area contributed by atoms with Crippen molar-refractivity contribution >= 4 is 41.3 Å². The van der Waals surface area contributed by atoms with Crippen molar-refractivity contribution in [1.82, 2.24) is 10.6 Å². The molecule has 13 nitrogen and oxygen atoms in total. The van der Waals surface area contributed by atoms with Gasteiger partial charge in [-0.25, -0.2) is 0 Å². The van der Waals surface area contributed by atoms with Gasteiger partial charge in [0.25, 0.3) is 0 Å². The van der Waals surface area contributed by atoms with Gasteiger partial charge in [0.15, 0.2) is 5.78 Å². The Labute approximate surface area is 180 Å². The maximum atomic E-state index is 12.2. The van der Waals surface area contributed by atoms with Crippen LogP contribution < -0.4 is 16.4 Å². The highest BCUT2D eigenvalue weighted by atomic mass is 32.2. The molecule has 0 bridgehead atoms. The number of Topliss-reactive ketones (excluding diaryl/α,β-unsaturated/α-hetero) is 1. The highest BCUT2D eigenvalue weighted by molar-refractivity contribution is 7.99. The number of carboxylic acid groups (broad SMARTS) is 2. The van der Waals surface area contributed by atoms with Gasteiger partial charge in [-0.2, -0.15) is 11.8 Å². The molecule has 0 heterocycles. The van der Waals surface area contributed by atoms with E-state index in [4.69, 9.17) is 15.9 Å². The molecule has 9 N–H and O–H groups in total. The Bertz CT molecular complexity index is 744. The summed E-state index contributed by atoms with van der Waals surface area (Å²) >= 11 is 0.976. The maximum absolute atomic E-state index is 12.2. The van der Waals surface area contributed by atoms with Gasteiger partial charge in [-0.3, -0.25) is 24.0 Å². The molecule has 0 radical (unpaired) electrons. The summed E-state index contributed by atoms with van der Waals surface area (Å²) in [6, 6.07) is -2.48. The molecular formula is C17H25N3O10S. The Morgan fingerprint density at radius 1 is 1.16 bits per heavy atom. The first kappa shape index (κ1) is 26.5. The van der Waals surface area contributed by atoms with Crippen molar-refractivity contribution in [1.29, 1.82) is 0 Å². The quantitative estimate of drug-likeness (QED) is 0.139. The number of thioether (sulfide) groups is 1. The predicted molar refractivity (Wildman–Crippen MR) is 106 cm³/mol. The van der Waals surface area contributed by atoms with Gasteiger partial charge in [-0.05, 0) is 12.5 Å². The van der Waals surface area contributed by atoms with Crippen molar-refractivity contribution in [3.8, 4) is 0 Å². The first-order valence-electron chi connectivity index (χ1n) is 9.08. The molecule has 31 heavy (non-hydrogen) atoms. The number of rotatable bonds is 12. The Morgan fingerprint density at radius 2 is 1.81 bits per heavy atom. The molecule has 1 aliphatic rings. The normalized spacial score (nSPS) is 22.8. The average molecular weight is 463 g/mol. The number of hydrogen-bond donors (Lipinski definition) is 8. The Balaban J connectivity index is 2.71. The van der Waals surface area contributed by atoms with Gasteiger partial charge in [0, 0.05) is 23.5 Å². The standard InChI is InChI=1S/C17H25N3O10S/c18-8(17(29)30)1-2-11(22)20-9(16(28)19-4-12(23)24)6-31-5-7-3-10(21)14(26)15(27)13(7)25/h3,8-10,14-15,21,26-27H,1-2,4-6,18H2,(H,19,28)(H,20,22)(H,23,24)(H,29,30)/t8-,9?,10+,14+,15-/m0/s1. The van der Waals surface area contributed by atoms with Crippen LogP contribution in [0.25, 0.3) is 0 Å². The fraction of sp³-hybridized carbons (Fsp3) is 0.588. The topological polar surface area (TPSA) is 237 Å². The van der Waals surface area contributed by atoms with Crippen LogP contribution in [0.2, 0.25) is 0 Å². The molecule has 0 aromatic rings. The number of hydrogen-bond acceptors (Lipinski definition) is 10. The summed E-state index contributed by atoms with van der Waals surface area (Å²) in [6.07, 6.45) is -4.28. The molecule has 0 aromatic carbocycles. The molecule has 0 aliphatic heterocycles. The Morgan fingerprint density at radius 3 is 2.39 bits per heavy atom. The molecule has 174 valence electrons. The van der Waals surface area contributed by atoms with Crippen molar-refractivity contribution in [2.45, 2.75) is 43.2 Å². The lowest BCUT2D eigenvalue weighted by molar-refractivity contribution is -0.139. The minimum absolute atomic E-state index is 0.0127. The number of carbonyl (C=O) groups is 5. The number of carbonyl (C=O) groups excluding carboxylic acids is 3. The van der Waals surface area contributed by atoms with Crippen LogP contribution in [0.1, 0.15) is 12.8 Å². The number of amides is 2. The van der Waals surface area contributed by atoms with Gasteiger partial charge < -0.3 is 41.9 Å². The second kappa shape index (κ2) is 12.4. The van der Waals surface area contributed by atoms with E-state index >= 15 is 0 Å². The molecule has 14 heteroatoms. The molecule has 2 amide bonds. The molecule has 0 spiro atoms. The Hall–Kier alpha value is -2.52. The number of aliphatic carboxylic acids is 2. The number of ketones is 1. The number of aliphatic hydroxyl groups excluding tert-OH is 3. The number of nitrogens with two attached hydrogens (primary N) is 1. The lowest BCUT2D eigenvalue weighted by atomic mass is 9.92. The van der Waals surface area contributed by atoms with Crippen molar-refractivity contribution < 1.29 is 49.5 Å². The first-order valence-corrected chi connectivity index (χ1v) is 10.2. The van der Waals surface area contributed by atoms with Crippen LogP contribution in [0.15, 0.2) is 11.6 Å². The summed E-state index contributed by atoms with van der Waals surface area (Å²) in [7, 11) is 0. The third-order valence-electron chi connectivity index (χ3n) is 4.24. The van der Waals surface area contributed by atoms with Crippen molar-refractivity contribution in [2.24, 2.45) is 5.73 Å². The zero-order valence-electron chi connectivity index (χ0n) is 16.3. The summed E-state index contributed by atoms with van der Waals surface area (Å²) in [5.41, 5.74) is 5.33. The van der Waals surface area contributed by atoms with E-state index in [2.05, 4.69) is 10.6 Å². The molecule has 0 aromatic heterocycles. The molecule has 5 atom stereocenters. The third kappa shape index (κ3) is 8.63. The number of carboxylic acids is 2. The second-order valence-electron chi connectivity index (χ2n) is 6.71. The van der Waals surface area contributed by atoms with Crippen LogP contribution in [0.5, 0.6) is 0 Å². The smallest absolute Gasteiger partial charge is 0.322 e. The lowest BCUT2D eigenvalue weighted by Crippen LogP contribution is -2.49. The summed E-state index contributed by atoms with van der Waals surface area (Å²) in [6.45, 7) is -0.695. The van der Waals surface area contributed by atoms with Gasteiger partial charge in [0.1, 0.15) is 36.9 Å². The van der Waals surface area contributed by atoms with Gasteiger partial charge >= 0.3 is 11.9 Å². The van der Waals surface area contributed by atoms with E-state index < -0.39 is 66.5 Å². The van der Waals surface area contributed by atoms with E-state index in [9.17, 15) is 39.3 Å². The summed E-state index contributed by atoms with van der Waals surface area (Å²) in [5.74, 6) is -5.07. The van der Waals surface area contributed by atoms with Crippen LogP contribution >= 0.6 is 11.8 Å². The Kier molecular flexibility index (Phi) is 10.6. The van der Waals surface area contributed by atoms with E-state index in [1.807, 2.05) is 0 Å². The SMILES string of the molecule is N[C@@H](CCC(=O)NC(CSCC1=C[C@@H](O)[C@@H](O)[C@@H](O)C1=O)C(=O)NCC(=O)O)C(=O)O. The third-order valence-corrected chi connectivity index (χ3v) is 5.32. The highest BCUT2D eigenvalue weighted by Gasteiger charge is 2.36. The first-order chi connectivity index (χ1) is 14.4. The van der Waals surface area contributed by atoms with Gasteiger partial charge in [-0.15, -0.1) is 0 Å². The average Bonchev–Trinajstić information content (AvgIpc) is 2.71. The predicted octanol–water partition coefficient (Wildman–Crippen LogP) is -3.81. The van der Waals surface area contributed by atoms with E-state index in [1.54, 1.807) is 0 Å². The van der Waals surface area contributed by atoms with E-state index in [0.717, 1.165) is 17.8 Å². The summed E-state index contributed by atoms with van der Waals surface area (Å²) < 4.78 is 0. The summed E-state index contributed by atoms with van der Waals surface area (Å²) in [4.78, 5) is 57.6. The van der Waals surface area contributed by atoms with Gasteiger partial charge in [-0.1, -0.05) is 0 Å². The van der Waals surface area contributed by atoms with Crippen LogP contribution in [0, 0.1) is 0 Å². The van der Waals surface area contributed by atoms with Gasteiger partial charge in [0.05, 0.1) is 0 Å². The number of aliphatic hydroxyl groups is 3. The minimum Gasteiger partial charge on any atom is -0.480 e. The van der Waals surface area contributed by atoms with Crippen molar-refractivity contribution in [3.63, 3.8) is 0 Å². The molecule has 0 fully saturated rings. The largest absolute Gasteiger partial charge is 0.480 e. The highest BCUT2D eigenvalue weighted by Crippen LogP contribution is 2.20. The second-order valence-corrected chi connectivity index (χ2v) is 7.74. The van der Waals surface area contributed by atoms with E-state index in [0.29, 0.717) is 0 Å². The molecule has 0 saturated heterocycles. The van der Waals surface area contributed by atoms with Crippen LogP contribution in [0.3, 0.4) is 0 Å². The molecule has 1 unspecified atom stereocenters. The molecule has 1 aliphatic carbocycles. The molecule has 1 rings (SSSR count). The van der Waals surface area contributed by atoms with Crippen LogP contribution in [-0.2, 0) is 24.0 Å². The van der Waals surface area contributed by atoms with E-state index in [1.165, 1.54) is 0 Å². The lowest BCUT2D eigenvalue weighted by Gasteiger charge is -2.26. The monoisotopic (exact) mass is 463 g/mol. The van der Waals surface area contributed by atoms with Crippen molar-refractivity contribution in [3.05, 3.63) is 11.6 Å². The molecular weight excluding hydrogens is 438 g/mol. The maximum Gasteiger partial charge on any atom is 0.322 e. The zero-order chi connectivity index (χ0) is 23.7. The van der Waals surface area contributed by atoms with Crippen LogP contribution in [-0.4, -0.2) is 104 Å². The minimum atomic E-state index is -1.79. The fourth-order valence-electron chi connectivity index (χ4n) is 2.47. The van der Waals surface area contributed by atoms with Crippen molar-refractivity contribution in [2.75, 3.05) is 18.1 Å². The zero-order valence-corrected chi connectivity index (χ0v) is 17.1. The van der Waals surface area contributed by atoms with Crippen LogP contribution in [0.4, 0.5) is 0 Å². The van der Waals surface area contributed by atoms with Gasteiger partial charge in [0.2, 0.25) is 11.8 Å². The number of nitrogens with one attached hydrogen (secondary N) is 2. The van der Waals surface area contributed by atoms with E-state index in [-0.39, 0.29) is 29.9 Å². The molecule has 0 saturated carbocycles.